The molecule has 10 aromatic rings. The molecule has 71 heavy (non-hydrogen) atoms. The first kappa shape index (κ1) is 43.2. The fraction of sp³-hybridized carbons (Fsp3) is 0.118. The lowest BCUT2D eigenvalue weighted by molar-refractivity contribution is 0.00578. The first-order valence-corrected chi connectivity index (χ1v) is 25.0. The van der Waals surface area contributed by atoms with E-state index in [2.05, 4.69) is 276 Å². The van der Waals surface area contributed by atoms with Crippen molar-refractivity contribution in [2.45, 2.75) is 49.7 Å². The van der Waals surface area contributed by atoms with E-state index in [9.17, 15) is 0 Å². The van der Waals surface area contributed by atoms with E-state index in [1.165, 1.54) is 94.6 Å². The standard InChI is InChI=1S/C68H53BO2/c1-65(2)66(3,4)71-69(70-65)56-38-33-48(34-39-56)51-37-42-60-59-41-36-50(44-63(59)68(64(60)45-51,54-23-13-7-14-24-54)55-25-15-8-16-26-55)47-31-29-46(30-32-47)49-35-40-58-57-27-17-18-28-61(57)67(62(58)43-49,52-19-9-5-10-20-52)53-21-11-6-12-22-53/h5-45H,1-4H3. The lowest BCUT2D eigenvalue weighted by Gasteiger charge is -2.34. The van der Waals surface area contributed by atoms with Crippen LogP contribution in [-0.4, -0.2) is 18.3 Å². The average molecular weight is 913 g/mol. The van der Waals surface area contributed by atoms with Crippen molar-refractivity contribution < 1.29 is 9.31 Å². The topological polar surface area (TPSA) is 18.5 Å². The minimum atomic E-state index is -0.562. The van der Waals surface area contributed by atoms with Gasteiger partial charge in [0.15, 0.2) is 0 Å². The van der Waals surface area contributed by atoms with Gasteiger partial charge in [0.05, 0.1) is 22.0 Å². The molecule has 0 bridgehead atoms. The van der Waals surface area contributed by atoms with Crippen molar-refractivity contribution in [1.82, 2.24) is 0 Å². The monoisotopic (exact) mass is 912 g/mol. The number of benzene rings is 10. The summed E-state index contributed by atoms with van der Waals surface area (Å²) in [6.45, 7) is 8.41. The summed E-state index contributed by atoms with van der Waals surface area (Å²) in [4.78, 5) is 0. The fourth-order valence-corrected chi connectivity index (χ4v) is 12.1. The quantitative estimate of drug-likeness (QED) is 0.141. The second-order valence-corrected chi connectivity index (χ2v) is 20.6. The lowest BCUT2D eigenvalue weighted by atomic mass is 9.67. The number of hydrogen-bond acceptors (Lipinski definition) is 2. The molecule has 2 nitrogen and oxygen atoms in total. The van der Waals surface area contributed by atoms with Gasteiger partial charge in [-0.15, -0.1) is 0 Å². The molecule has 340 valence electrons. The smallest absolute Gasteiger partial charge is 0.399 e. The Labute approximate surface area is 418 Å². The molecule has 2 aliphatic carbocycles. The van der Waals surface area contributed by atoms with Gasteiger partial charge in [-0.25, -0.2) is 0 Å². The molecule has 13 rings (SSSR count). The molecule has 0 N–H and O–H groups in total. The lowest BCUT2D eigenvalue weighted by Crippen LogP contribution is -2.41. The van der Waals surface area contributed by atoms with Gasteiger partial charge in [-0.3, -0.25) is 0 Å². The molecule has 3 aliphatic rings. The highest BCUT2D eigenvalue weighted by Crippen LogP contribution is 2.59. The van der Waals surface area contributed by atoms with E-state index in [1.807, 2.05) is 0 Å². The molecule has 0 spiro atoms. The summed E-state index contributed by atoms with van der Waals surface area (Å²) in [5.74, 6) is 0. The van der Waals surface area contributed by atoms with Crippen molar-refractivity contribution in [3.63, 3.8) is 0 Å². The Balaban J connectivity index is 0.904. The summed E-state index contributed by atoms with van der Waals surface area (Å²) in [5, 5.41) is 0. The minimum absolute atomic E-state index is 0.399. The molecule has 1 fully saturated rings. The summed E-state index contributed by atoms with van der Waals surface area (Å²) in [5.41, 5.74) is 21.6. The van der Waals surface area contributed by atoms with Gasteiger partial charge in [-0.2, -0.15) is 0 Å². The molecule has 1 aliphatic heterocycles. The number of hydrogen-bond donors (Lipinski definition) is 0. The van der Waals surface area contributed by atoms with Gasteiger partial charge in [-0.05, 0) is 151 Å². The second kappa shape index (κ2) is 16.4. The van der Waals surface area contributed by atoms with Crippen molar-refractivity contribution in [2.75, 3.05) is 0 Å². The Kier molecular flexibility index (Phi) is 9.98. The van der Waals surface area contributed by atoms with E-state index < -0.39 is 29.2 Å². The average Bonchev–Trinajstić information content (AvgIpc) is 3.98. The van der Waals surface area contributed by atoms with Crippen LogP contribution in [-0.2, 0) is 20.1 Å². The van der Waals surface area contributed by atoms with Gasteiger partial charge < -0.3 is 9.31 Å². The van der Waals surface area contributed by atoms with Crippen molar-refractivity contribution in [2.24, 2.45) is 0 Å². The minimum Gasteiger partial charge on any atom is -0.399 e. The third-order valence-corrected chi connectivity index (χ3v) is 16.3. The summed E-state index contributed by atoms with van der Waals surface area (Å²) in [6, 6.07) is 92.5. The van der Waals surface area contributed by atoms with E-state index in [0.29, 0.717) is 0 Å². The molecule has 0 amide bonds. The zero-order valence-electron chi connectivity index (χ0n) is 40.6. The largest absolute Gasteiger partial charge is 0.494 e. The van der Waals surface area contributed by atoms with Crippen molar-refractivity contribution in [1.29, 1.82) is 0 Å². The maximum absolute atomic E-state index is 6.42. The Hall–Kier alpha value is -7.82. The highest BCUT2D eigenvalue weighted by Gasteiger charge is 2.52. The predicted molar refractivity (Wildman–Crippen MR) is 293 cm³/mol. The molecule has 10 aromatic carbocycles. The van der Waals surface area contributed by atoms with E-state index >= 15 is 0 Å². The van der Waals surface area contributed by atoms with Crippen LogP contribution in [0.2, 0.25) is 0 Å². The Morgan fingerprint density at radius 3 is 0.915 bits per heavy atom. The molecule has 0 saturated carbocycles. The molecular weight excluding hydrogens is 860 g/mol. The van der Waals surface area contributed by atoms with Gasteiger partial charge >= 0.3 is 7.12 Å². The van der Waals surface area contributed by atoms with Crippen LogP contribution in [0.15, 0.2) is 249 Å². The van der Waals surface area contributed by atoms with Gasteiger partial charge in [0.2, 0.25) is 0 Å². The molecular formula is C68H53BO2. The zero-order chi connectivity index (χ0) is 48.0. The van der Waals surface area contributed by atoms with Crippen molar-refractivity contribution >= 4 is 12.6 Å². The predicted octanol–water partition coefficient (Wildman–Crippen LogP) is 15.7. The van der Waals surface area contributed by atoms with E-state index in [4.69, 9.17) is 9.31 Å². The number of rotatable bonds is 8. The highest BCUT2D eigenvalue weighted by atomic mass is 16.7. The zero-order valence-corrected chi connectivity index (χ0v) is 40.6. The van der Waals surface area contributed by atoms with Crippen LogP contribution < -0.4 is 5.46 Å². The Morgan fingerprint density at radius 1 is 0.268 bits per heavy atom. The van der Waals surface area contributed by atoms with Gasteiger partial charge in [0, 0.05) is 0 Å². The van der Waals surface area contributed by atoms with Crippen LogP contribution in [0.3, 0.4) is 0 Å². The van der Waals surface area contributed by atoms with Gasteiger partial charge in [0.25, 0.3) is 0 Å². The SMILES string of the molecule is CC1(C)OB(c2ccc(-c3ccc4c(c3)C(c3ccccc3)(c3ccccc3)c3cc(-c5ccc(-c6ccc7c(c6)C(c6ccccc6)(c6ccccc6)c6ccccc6-7)cc5)ccc3-4)cc2)OC1(C)C. The molecule has 0 unspecified atom stereocenters. The van der Waals surface area contributed by atoms with Gasteiger partial charge in [0.1, 0.15) is 0 Å². The van der Waals surface area contributed by atoms with Crippen molar-refractivity contribution in [3.8, 4) is 55.6 Å². The van der Waals surface area contributed by atoms with E-state index in [1.54, 1.807) is 0 Å². The summed E-state index contributed by atoms with van der Waals surface area (Å²) in [6.07, 6.45) is 0. The maximum atomic E-state index is 6.42. The molecule has 3 heteroatoms. The normalized spacial score (nSPS) is 16.2. The molecule has 0 radical (unpaired) electrons. The third-order valence-electron chi connectivity index (χ3n) is 16.3. The molecule has 0 aromatic heterocycles. The van der Waals surface area contributed by atoms with Crippen LogP contribution in [0.5, 0.6) is 0 Å². The molecule has 0 atom stereocenters. The van der Waals surface area contributed by atoms with Crippen LogP contribution in [0, 0.1) is 0 Å². The summed E-state index contributed by atoms with van der Waals surface area (Å²) in [7, 11) is -0.407. The number of fused-ring (bicyclic) bond motifs is 6. The molecule has 1 saturated heterocycles. The van der Waals surface area contributed by atoms with Crippen LogP contribution in [0.4, 0.5) is 0 Å². The highest BCUT2D eigenvalue weighted by molar-refractivity contribution is 6.62. The first-order chi connectivity index (χ1) is 34.7. The maximum Gasteiger partial charge on any atom is 0.494 e. The molecule has 1 heterocycles. The second-order valence-electron chi connectivity index (χ2n) is 20.6. The fourth-order valence-electron chi connectivity index (χ4n) is 12.1. The summed E-state index contributed by atoms with van der Waals surface area (Å²) < 4.78 is 12.8. The van der Waals surface area contributed by atoms with Gasteiger partial charge in [-0.1, -0.05) is 231 Å². The van der Waals surface area contributed by atoms with Crippen LogP contribution in [0.25, 0.3) is 55.6 Å². The Morgan fingerprint density at radius 2 is 0.549 bits per heavy atom. The summed E-state index contributed by atoms with van der Waals surface area (Å²) >= 11 is 0. The van der Waals surface area contributed by atoms with E-state index in [0.717, 1.165) is 11.0 Å². The van der Waals surface area contributed by atoms with Crippen LogP contribution >= 0.6 is 0 Å². The Bertz CT molecular complexity index is 3520. The third kappa shape index (κ3) is 6.57. The first-order valence-electron chi connectivity index (χ1n) is 25.0. The van der Waals surface area contributed by atoms with Crippen LogP contribution in [0.1, 0.15) is 72.2 Å². The van der Waals surface area contributed by atoms with Crippen molar-refractivity contribution in [3.05, 3.63) is 293 Å². The van der Waals surface area contributed by atoms with E-state index in [-0.39, 0.29) is 0 Å².